The molecule has 1 saturated heterocycles. The summed E-state index contributed by atoms with van der Waals surface area (Å²) >= 11 is 0. The quantitative estimate of drug-likeness (QED) is 0.750. The van der Waals surface area contributed by atoms with E-state index in [9.17, 15) is 5.11 Å². The van der Waals surface area contributed by atoms with Crippen LogP contribution in [0.3, 0.4) is 0 Å². The first-order valence-electron chi connectivity index (χ1n) is 5.73. The molecule has 1 aliphatic rings. The summed E-state index contributed by atoms with van der Waals surface area (Å²) in [5.74, 6) is 0.499. The van der Waals surface area contributed by atoms with Crippen molar-refractivity contribution in [3.8, 4) is 0 Å². The van der Waals surface area contributed by atoms with Crippen molar-refractivity contribution in [2.45, 2.75) is 19.1 Å². The minimum atomic E-state index is -1.02. The van der Waals surface area contributed by atoms with Gasteiger partial charge in [-0.3, -0.25) is 4.90 Å². The fourth-order valence-corrected chi connectivity index (χ4v) is 2.06. The molecule has 0 bridgehead atoms. The average molecular weight is 222 g/mol. The Bertz CT molecular complexity index is 326. The van der Waals surface area contributed by atoms with E-state index in [1.807, 2.05) is 11.8 Å². The molecule has 0 spiro atoms. The van der Waals surface area contributed by atoms with Crippen molar-refractivity contribution in [3.05, 3.63) is 24.3 Å². The van der Waals surface area contributed by atoms with Crippen molar-refractivity contribution in [1.82, 2.24) is 20.2 Å². The second kappa shape index (κ2) is 4.86. The third-order valence-corrected chi connectivity index (χ3v) is 3.06. The molecule has 88 valence electrons. The number of rotatable bonds is 3. The summed E-state index contributed by atoms with van der Waals surface area (Å²) in [6.07, 6.45) is 3.94. The van der Waals surface area contributed by atoms with Gasteiger partial charge in [-0.05, 0) is 12.5 Å². The summed E-state index contributed by atoms with van der Waals surface area (Å²) in [6.45, 7) is 5.40. The van der Waals surface area contributed by atoms with Crippen LogP contribution in [0.4, 0.5) is 0 Å². The van der Waals surface area contributed by atoms with Crippen molar-refractivity contribution < 1.29 is 5.11 Å². The maximum absolute atomic E-state index is 10.7. The molecule has 0 radical (unpaired) electrons. The summed E-state index contributed by atoms with van der Waals surface area (Å²) in [5, 5.41) is 14.0. The molecule has 2 rings (SSSR count). The molecule has 1 fully saturated rings. The number of nitrogens with one attached hydrogen (secondary N) is 1. The molecular weight excluding hydrogens is 204 g/mol. The first kappa shape index (κ1) is 11.4. The van der Waals surface area contributed by atoms with Crippen molar-refractivity contribution >= 4 is 0 Å². The highest BCUT2D eigenvalue weighted by Crippen LogP contribution is 2.26. The van der Waals surface area contributed by atoms with Crippen LogP contribution in [0.2, 0.25) is 0 Å². The predicted molar refractivity (Wildman–Crippen MR) is 60.7 cm³/mol. The lowest BCUT2D eigenvalue weighted by molar-refractivity contribution is -0.130. The van der Waals surface area contributed by atoms with Crippen LogP contribution in [0.5, 0.6) is 0 Å². The lowest BCUT2D eigenvalue weighted by Crippen LogP contribution is -2.54. The Kier molecular flexibility index (Phi) is 3.48. The van der Waals surface area contributed by atoms with Crippen LogP contribution >= 0.6 is 0 Å². The summed E-state index contributed by atoms with van der Waals surface area (Å²) < 4.78 is 0. The third-order valence-electron chi connectivity index (χ3n) is 3.06. The van der Waals surface area contributed by atoms with Gasteiger partial charge >= 0.3 is 0 Å². The van der Waals surface area contributed by atoms with Crippen LogP contribution in [0.15, 0.2) is 18.5 Å². The van der Waals surface area contributed by atoms with Crippen LogP contribution in [0, 0.1) is 0 Å². The van der Waals surface area contributed by atoms with E-state index in [2.05, 4.69) is 15.3 Å². The van der Waals surface area contributed by atoms with Crippen LogP contribution in [-0.2, 0) is 5.72 Å². The molecule has 0 amide bonds. The van der Waals surface area contributed by atoms with Crippen LogP contribution in [0.1, 0.15) is 19.2 Å². The SMILES string of the molecule is CCC(O)(c1ncccn1)N1CCNCC1. The maximum atomic E-state index is 10.7. The minimum Gasteiger partial charge on any atom is -0.368 e. The number of piperazine rings is 1. The zero-order valence-corrected chi connectivity index (χ0v) is 9.56. The summed E-state index contributed by atoms with van der Waals surface area (Å²) in [6, 6.07) is 1.76. The van der Waals surface area contributed by atoms with Crippen molar-refractivity contribution in [1.29, 1.82) is 0 Å². The Balaban J connectivity index is 2.24. The molecule has 2 N–H and O–H groups in total. The Morgan fingerprint density at radius 1 is 1.38 bits per heavy atom. The molecule has 1 aliphatic heterocycles. The normalized spacial score (nSPS) is 21.6. The zero-order chi connectivity index (χ0) is 11.4. The molecule has 1 unspecified atom stereocenters. The van der Waals surface area contributed by atoms with E-state index in [0.29, 0.717) is 12.2 Å². The van der Waals surface area contributed by atoms with Gasteiger partial charge in [-0.15, -0.1) is 0 Å². The van der Waals surface area contributed by atoms with E-state index in [0.717, 1.165) is 26.2 Å². The maximum Gasteiger partial charge on any atom is 0.179 e. The van der Waals surface area contributed by atoms with E-state index < -0.39 is 5.72 Å². The van der Waals surface area contributed by atoms with E-state index in [1.54, 1.807) is 18.5 Å². The lowest BCUT2D eigenvalue weighted by atomic mass is 10.1. The first-order chi connectivity index (χ1) is 7.77. The molecular formula is C11H18N4O. The van der Waals surface area contributed by atoms with Gasteiger partial charge in [-0.1, -0.05) is 6.92 Å². The molecule has 1 atom stereocenters. The smallest absolute Gasteiger partial charge is 0.179 e. The predicted octanol–water partition coefficient (Wildman–Crippen LogP) is -0.0631. The monoisotopic (exact) mass is 222 g/mol. The van der Waals surface area contributed by atoms with Gasteiger partial charge in [-0.2, -0.15) is 0 Å². The molecule has 1 aromatic heterocycles. The van der Waals surface area contributed by atoms with Gasteiger partial charge in [0, 0.05) is 38.6 Å². The van der Waals surface area contributed by atoms with Crippen LogP contribution in [-0.4, -0.2) is 46.2 Å². The first-order valence-corrected chi connectivity index (χ1v) is 5.73. The standard InChI is InChI=1S/C11H18N4O/c1-2-11(16,10-13-4-3-5-14-10)15-8-6-12-7-9-15/h3-5,12,16H,2,6-9H2,1H3. The molecule has 1 aromatic rings. The van der Waals surface area contributed by atoms with E-state index in [-0.39, 0.29) is 0 Å². The van der Waals surface area contributed by atoms with Gasteiger partial charge in [-0.25, -0.2) is 9.97 Å². The second-order valence-corrected chi connectivity index (χ2v) is 3.98. The largest absolute Gasteiger partial charge is 0.368 e. The Labute approximate surface area is 95.5 Å². The van der Waals surface area contributed by atoms with Gasteiger partial charge in [0.15, 0.2) is 11.5 Å². The lowest BCUT2D eigenvalue weighted by Gasteiger charge is -2.40. The average Bonchev–Trinajstić information content (AvgIpc) is 2.40. The fourth-order valence-electron chi connectivity index (χ4n) is 2.06. The minimum absolute atomic E-state index is 0.499. The fraction of sp³-hybridized carbons (Fsp3) is 0.636. The van der Waals surface area contributed by atoms with Gasteiger partial charge in [0.1, 0.15) is 0 Å². The molecule has 5 nitrogen and oxygen atoms in total. The van der Waals surface area contributed by atoms with E-state index in [1.165, 1.54) is 0 Å². The number of nitrogens with zero attached hydrogens (tertiary/aromatic N) is 3. The second-order valence-electron chi connectivity index (χ2n) is 3.98. The number of aromatic nitrogens is 2. The van der Waals surface area contributed by atoms with Gasteiger partial charge < -0.3 is 10.4 Å². The van der Waals surface area contributed by atoms with Gasteiger partial charge in [0.05, 0.1) is 0 Å². The van der Waals surface area contributed by atoms with Gasteiger partial charge in [0.25, 0.3) is 0 Å². The molecule has 0 aliphatic carbocycles. The van der Waals surface area contributed by atoms with Crippen molar-refractivity contribution in [2.24, 2.45) is 0 Å². The molecule has 2 heterocycles. The summed E-state index contributed by atoms with van der Waals surface area (Å²) in [7, 11) is 0. The molecule has 16 heavy (non-hydrogen) atoms. The zero-order valence-electron chi connectivity index (χ0n) is 9.56. The van der Waals surface area contributed by atoms with E-state index in [4.69, 9.17) is 0 Å². The summed E-state index contributed by atoms with van der Waals surface area (Å²) in [4.78, 5) is 10.4. The highest BCUT2D eigenvalue weighted by molar-refractivity contribution is 5.01. The van der Waals surface area contributed by atoms with Crippen molar-refractivity contribution in [3.63, 3.8) is 0 Å². The van der Waals surface area contributed by atoms with Crippen LogP contribution in [0.25, 0.3) is 0 Å². The molecule has 0 aromatic carbocycles. The van der Waals surface area contributed by atoms with Crippen molar-refractivity contribution in [2.75, 3.05) is 26.2 Å². The topological polar surface area (TPSA) is 61.3 Å². The van der Waals surface area contributed by atoms with Crippen LogP contribution < -0.4 is 5.32 Å². The Morgan fingerprint density at radius 2 is 2.00 bits per heavy atom. The highest BCUT2D eigenvalue weighted by Gasteiger charge is 2.37. The number of hydrogen-bond acceptors (Lipinski definition) is 5. The Hall–Kier alpha value is -1.04. The highest BCUT2D eigenvalue weighted by atomic mass is 16.3. The number of aliphatic hydroxyl groups is 1. The third kappa shape index (κ3) is 2.07. The molecule has 0 saturated carbocycles. The molecule has 5 heteroatoms. The van der Waals surface area contributed by atoms with Gasteiger partial charge in [0.2, 0.25) is 0 Å². The summed E-state index contributed by atoms with van der Waals surface area (Å²) in [5.41, 5.74) is -1.02. The number of hydrogen-bond donors (Lipinski definition) is 2. The Morgan fingerprint density at radius 3 is 2.56 bits per heavy atom. The van der Waals surface area contributed by atoms with E-state index >= 15 is 0 Å².